The number of ether oxygens (including phenoxy) is 1. The lowest BCUT2D eigenvalue weighted by molar-refractivity contribution is 0.0533. The van der Waals surface area contributed by atoms with Crippen LogP contribution in [0.3, 0.4) is 0 Å². The Morgan fingerprint density at radius 3 is 2.32 bits per heavy atom. The van der Waals surface area contributed by atoms with E-state index in [4.69, 9.17) is 4.74 Å². The van der Waals surface area contributed by atoms with Crippen molar-refractivity contribution < 1.29 is 14.3 Å². The van der Waals surface area contributed by atoms with Crippen LogP contribution in [0.2, 0.25) is 0 Å². The number of amides is 2. The van der Waals surface area contributed by atoms with E-state index in [-0.39, 0.29) is 11.8 Å². The number of aromatic nitrogens is 1. The van der Waals surface area contributed by atoms with Crippen molar-refractivity contribution in [3.8, 4) is 5.75 Å². The lowest BCUT2D eigenvalue weighted by Gasteiger charge is -2.35. The van der Waals surface area contributed by atoms with E-state index in [1.54, 1.807) is 35.4 Å². The fourth-order valence-electron chi connectivity index (χ4n) is 3.06. The molecule has 0 spiro atoms. The lowest BCUT2D eigenvalue weighted by Crippen LogP contribution is -2.50. The predicted octanol–water partition coefficient (Wildman–Crippen LogP) is 2.18. The number of aryl methyl sites for hydroxylation is 1. The molecule has 1 fully saturated rings. The normalized spacial score (nSPS) is 14.5. The molecular weight excluding hydrogens is 318 g/mol. The van der Waals surface area contributed by atoms with Crippen LogP contribution in [0.1, 0.15) is 33.2 Å². The number of rotatable bonds is 4. The molecule has 2 heterocycles. The number of nitrogens with zero attached hydrogens (tertiary/aromatic N) is 2. The maximum atomic E-state index is 12.9. The maximum Gasteiger partial charge on any atom is 0.257 e. The Balaban J connectivity index is 1.68. The van der Waals surface area contributed by atoms with Crippen LogP contribution in [0.15, 0.2) is 36.7 Å². The number of benzene rings is 1. The average Bonchev–Trinajstić information content (AvgIpc) is 3.21. The first kappa shape index (κ1) is 17.1. The Morgan fingerprint density at radius 2 is 1.76 bits per heavy atom. The van der Waals surface area contributed by atoms with Crippen LogP contribution in [0.4, 0.5) is 0 Å². The third-order valence-electron chi connectivity index (χ3n) is 4.60. The number of methoxy groups -OCH3 is 1. The van der Waals surface area contributed by atoms with Gasteiger partial charge < -0.3 is 19.5 Å². The molecule has 25 heavy (non-hydrogen) atoms. The van der Waals surface area contributed by atoms with Gasteiger partial charge in [0.1, 0.15) is 5.75 Å². The summed E-state index contributed by atoms with van der Waals surface area (Å²) >= 11 is 0. The monoisotopic (exact) mass is 341 g/mol. The summed E-state index contributed by atoms with van der Waals surface area (Å²) in [5.74, 6) is 0.549. The van der Waals surface area contributed by atoms with Crippen LogP contribution in [-0.4, -0.2) is 59.9 Å². The van der Waals surface area contributed by atoms with Crippen molar-refractivity contribution in [3.05, 3.63) is 53.3 Å². The molecule has 1 N–H and O–H groups in total. The van der Waals surface area contributed by atoms with Gasteiger partial charge in [-0.05, 0) is 30.2 Å². The molecule has 0 saturated carbocycles. The SMILES string of the molecule is CCc1ccc(OC)c(C(=O)N2CCN(C(=O)c3cc[nH]c3)CC2)c1. The third-order valence-corrected chi connectivity index (χ3v) is 4.60. The molecule has 1 aromatic heterocycles. The number of hydrogen-bond acceptors (Lipinski definition) is 3. The Kier molecular flexibility index (Phi) is 5.07. The molecule has 3 rings (SSSR count). The molecule has 6 nitrogen and oxygen atoms in total. The van der Waals surface area contributed by atoms with Gasteiger partial charge in [-0.25, -0.2) is 0 Å². The summed E-state index contributed by atoms with van der Waals surface area (Å²) in [7, 11) is 1.57. The molecule has 1 aliphatic heterocycles. The first-order valence-electron chi connectivity index (χ1n) is 8.52. The van der Waals surface area contributed by atoms with Crippen LogP contribution in [-0.2, 0) is 6.42 Å². The van der Waals surface area contributed by atoms with Crippen molar-refractivity contribution in [1.29, 1.82) is 0 Å². The Morgan fingerprint density at radius 1 is 1.08 bits per heavy atom. The minimum Gasteiger partial charge on any atom is -0.496 e. The van der Waals surface area contributed by atoms with Gasteiger partial charge in [0, 0.05) is 38.6 Å². The van der Waals surface area contributed by atoms with Gasteiger partial charge in [-0.2, -0.15) is 0 Å². The van der Waals surface area contributed by atoms with Gasteiger partial charge in [0.05, 0.1) is 18.2 Å². The highest BCUT2D eigenvalue weighted by Gasteiger charge is 2.27. The van der Waals surface area contributed by atoms with Crippen LogP contribution in [0, 0.1) is 0 Å². The number of piperazine rings is 1. The fraction of sp³-hybridized carbons (Fsp3) is 0.368. The Bertz CT molecular complexity index is 747. The molecule has 1 saturated heterocycles. The molecule has 2 amide bonds. The molecule has 2 aromatic rings. The molecule has 0 atom stereocenters. The lowest BCUT2D eigenvalue weighted by atomic mass is 10.1. The minimum atomic E-state index is -0.0408. The summed E-state index contributed by atoms with van der Waals surface area (Å²) in [5.41, 5.74) is 2.34. The number of aromatic amines is 1. The zero-order valence-corrected chi connectivity index (χ0v) is 14.6. The van der Waals surface area contributed by atoms with E-state index in [0.29, 0.717) is 43.1 Å². The van der Waals surface area contributed by atoms with Gasteiger partial charge in [0.25, 0.3) is 11.8 Å². The standard InChI is InChI=1S/C19H23N3O3/c1-3-14-4-5-17(25-2)16(12-14)19(24)22-10-8-21(9-11-22)18(23)15-6-7-20-13-15/h4-7,12-13,20H,3,8-11H2,1-2H3. The highest BCUT2D eigenvalue weighted by atomic mass is 16.5. The number of nitrogens with one attached hydrogen (secondary N) is 1. The van der Waals surface area contributed by atoms with Crippen molar-refractivity contribution in [2.45, 2.75) is 13.3 Å². The minimum absolute atomic E-state index is 0.00101. The number of hydrogen-bond donors (Lipinski definition) is 1. The van der Waals surface area contributed by atoms with E-state index < -0.39 is 0 Å². The first-order valence-corrected chi connectivity index (χ1v) is 8.52. The van der Waals surface area contributed by atoms with Crippen molar-refractivity contribution >= 4 is 11.8 Å². The van der Waals surface area contributed by atoms with Gasteiger partial charge in [-0.3, -0.25) is 9.59 Å². The number of carbonyl (C=O) groups excluding carboxylic acids is 2. The average molecular weight is 341 g/mol. The van der Waals surface area contributed by atoms with Gasteiger partial charge >= 0.3 is 0 Å². The van der Waals surface area contributed by atoms with E-state index in [2.05, 4.69) is 11.9 Å². The first-order chi connectivity index (χ1) is 12.1. The summed E-state index contributed by atoms with van der Waals surface area (Å²) in [6, 6.07) is 7.49. The summed E-state index contributed by atoms with van der Waals surface area (Å²) in [5, 5.41) is 0. The van der Waals surface area contributed by atoms with E-state index in [1.807, 2.05) is 18.2 Å². The second-order valence-corrected chi connectivity index (χ2v) is 6.07. The second-order valence-electron chi connectivity index (χ2n) is 6.07. The summed E-state index contributed by atoms with van der Waals surface area (Å²) in [6.07, 6.45) is 4.30. The van der Waals surface area contributed by atoms with E-state index >= 15 is 0 Å². The van der Waals surface area contributed by atoms with Crippen molar-refractivity contribution in [2.75, 3.05) is 33.3 Å². The van der Waals surface area contributed by atoms with E-state index in [9.17, 15) is 9.59 Å². The quantitative estimate of drug-likeness (QED) is 0.927. The van der Waals surface area contributed by atoms with Gasteiger partial charge in [-0.1, -0.05) is 13.0 Å². The van der Waals surface area contributed by atoms with E-state index in [1.165, 1.54) is 0 Å². The molecule has 0 bridgehead atoms. The maximum absolute atomic E-state index is 12.9. The van der Waals surface area contributed by atoms with Crippen molar-refractivity contribution in [1.82, 2.24) is 14.8 Å². The topological polar surface area (TPSA) is 65.6 Å². The van der Waals surface area contributed by atoms with Gasteiger partial charge in [0.15, 0.2) is 0 Å². The molecule has 6 heteroatoms. The van der Waals surface area contributed by atoms with Gasteiger partial charge in [0.2, 0.25) is 0 Å². The number of carbonyl (C=O) groups is 2. The van der Waals surface area contributed by atoms with Crippen molar-refractivity contribution in [3.63, 3.8) is 0 Å². The Hall–Kier alpha value is -2.76. The zero-order chi connectivity index (χ0) is 17.8. The molecular formula is C19H23N3O3. The molecule has 0 radical (unpaired) electrons. The fourth-order valence-corrected chi connectivity index (χ4v) is 3.06. The van der Waals surface area contributed by atoms with Crippen LogP contribution < -0.4 is 4.74 Å². The zero-order valence-electron chi connectivity index (χ0n) is 14.6. The summed E-state index contributed by atoms with van der Waals surface area (Å²) in [6.45, 7) is 4.17. The van der Waals surface area contributed by atoms with Gasteiger partial charge in [-0.15, -0.1) is 0 Å². The molecule has 0 aliphatic carbocycles. The summed E-state index contributed by atoms with van der Waals surface area (Å²) < 4.78 is 5.35. The van der Waals surface area contributed by atoms with E-state index in [0.717, 1.165) is 12.0 Å². The molecule has 0 unspecified atom stereocenters. The van der Waals surface area contributed by atoms with Crippen LogP contribution in [0.5, 0.6) is 5.75 Å². The second kappa shape index (κ2) is 7.42. The third kappa shape index (κ3) is 3.52. The molecule has 132 valence electrons. The highest BCUT2D eigenvalue weighted by molar-refractivity contribution is 5.98. The van der Waals surface area contributed by atoms with Crippen LogP contribution in [0.25, 0.3) is 0 Å². The van der Waals surface area contributed by atoms with Crippen LogP contribution >= 0.6 is 0 Å². The Labute approximate surface area is 147 Å². The largest absolute Gasteiger partial charge is 0.496 e. The van der Waals surface area contributed by atoms with Crippen molar-refractivity contribution in [2.24, 2.45) is 0 Å². The highest BCUT2D eigenvalue weighted by Crippen LogP contribution is 2.23. The summed E-state index contributed by atoms with van der Waals surface area (Å²) in [4.78, 5) is 31.7. The number of H-pyrrole nitrogens is 1. The molecule has 1 aliphatic rings. The predicted molar refractivity (Wildman–Crippen MR) is 95.0 cm³/mol. The smallest absolute Gasteiger partial charge is 0.257 e. The molecule has 1 aromatic carbocycles.